The van der Waals surface area contributed by atoms with Crippen LogP contribution in [0.1, 0.15) is 39.5 Å². The quantitative estimate of drug-likeness (QED) is 0.312. The first kappa shape index (κ1) is 24.8. The zero-order valence-electron chi connectivity index (χ0n) is 13.2. The van der Waals surface area contributed by atoms with Gasteiger partial charge in [-0.2, -0.15) is 0 Å². The molecule has 0 spiro atoms. The molecule has 0 saturated carbocycles. The molecule has 3 nitrogen and oxygen atoms in total. The molecule has 0 aliphatic heterocycles. The molecular formula is C17H22O3ReRf. The number of aliphatic hydroxyl groups is 2. The van der Waals surface area contributed by atoms with Gasteiger partial charge in [-0.05, 0) is 32.8 Å². The molecule has 5 heteroatoms. The van der Waals surface area contributed by atoms with E-state index >= 15 is 0 Å². The summed E-state index contributed by atoms with van der Waals surface area (Å²) in [6, 6.07) is 0. The molecule has 117 valence electrons. The fraction of sp³-hybridized carbons (Fsp3) is 0.471. The number of carbonyl (C=O) groups is 1. The van der Waals surface area contributed by atoms with Crippen LogP contribution in [0.4, 0.5) is 0 Å². The van der Waals surface area contributed by atoms with Gasteiger partial charge >= 0.3 is 0 Å². The second kappa shape index (κ2) is 16.9. The Hall–Kier alpha value is -2.15. The Morgan fingerprint density at radius 1 is 1.27 bits per heavy atom. The van der Waals surface area contributed by atoms with E-state index in [9.17, 15) is 15.0 Å². The maximum Gasteiger partial charge on any atom is 0.129 e. The molecule has 0 bridgehead atoms. The van der Waals surface area contributed by atoms with Crippen LogP contribution in [0.5, 0.6) is 0 Å². The maximum absolute atomic E-state index is 10.7. The second-order valence-electron chi connectivity index (χ2n) is 4.34. The van der Waals surface area contributed by atoms with Crippen LogP contribution in [0, 0.1) is 23.7 Å². The molecule has 0 aromatic rings. The normalized spacial score (nSPS) is 12.2. The van der Waals surface area contributed by atoms with Crippen molar-refractivity contribution in [1.82, 2.24) is 0 Å². The van der Waals surface area contributed by atoms with Gasteiger partial charge in [-0.15, -0.1) is 11.8 Å². The number of carbonyl (C=O) groups excluding carboxylic acids is 1. The summed E-state index contributed by atoms with van der Waals surface area (Å²) in [5, 5.41) is 19.0. The van der Waals surface area contributed by atoms with Gasteiger partial charge in [0.15, 0.2) is 0 Å². The van der Waals surface area contributed by atoms with Crippen LogP contribution < -0.4 is 0 Å². The third-order valence-corrected chi connectivity index (χ3v) is 2.37. The van der Waals surface area contributed by atoms with Gasteiger partial charge in [0.25, 0.3) is 0 Å². The number of allylic oxidation sites excluding steroid dienone is 3. The molecule has 0 aromatic carbocycles. The van der Waals surface area contributed by atoms with E-state index in [1.807, 2.05) is 0 Å². The van der Waals surface area contributed by atoms with Crippen molar-refractivity contribution >= 4 is 5.78 Å². The fourth-order valence-corrected chi connectivity index (χ4v) is 1.33. The van der Waals surface area contributed by atoms with Crippen molar-refractivity contribution < 1.29 is 35.4 Å². The third kappa shape index (κ3) is 17.9. The molecule has 0 aliphatic rings. The van der Waals surface area contributed by atoms with Gasteiger partial charge in [-0.1, -0.05) is 30.1 Å². The van der Waals surface area contributed by atoms with Gasteiger partial charge in [0, 0.05) is 33.3 Å². The van der Waals surface area contributed by atoms with Crippen molar-refractivity contribution in [2.45, 2.75) is 51.7 Å². The number of Topliss-reactive ketones (excluding diaryl/α,β-unsaturated/α-hetero) is 1. The number of ketones is 1. The van der Waals surface area contributed by atoms with E-state index in [1.165, 1.54) is 6.92 Å². The van der Waals surface area contributed by atoms with Crippen molar-refractivity contribution in [3.05, 3.63) is 24.3 Å². The first-order valence-electron chi connectivity index (χ1n) is 6.65. The van der Waals surface area contributed by atoms with Crippen LogP contribution in [-0.4, -0.2) is 28.2 Å². The largest absolute Gasteiger partial charge is 0.388 e. The Balaban J connectivity index is -0.00000180. The number of rotatable bonds is 7. The van der Waals surface area contributed by atoms with Crippen molar-refractivity contribution in [3.8, 4) is 23.7 Å². The Bertz CT molecular complexity index is 464. The van der Waals surface area contributed by atoms with Gasteiger partial charge in [-0.25, -0.2) is 0 Å². The summed E-state index contributed by atoms with van der Waals surface area (Å²) in [5.41, 5.74) is 0. The summed E-state index contributed by atoms with van der Waals surface area (Å²) < 4.78 is 0. The molecule has 0 amide bonds. The van der Waals surface area contributed by atoms with Crippen LogP contribution in [0.2, 0.25) is 0 Å². The summed E-state index contributed by atoms with van der Waals surface area (Å²) in [7, 11) is 0. The average molecular weight is 728 g/mol. The average Bonchev–Trinajstić information content (AvgIpc) is 2.39. The number of aliphatic hydroxyl groups excluding tert-OH is 2. The maximum atomic E-state index is 10.7. The van der Waals surface area contributed by atoms with Crippen LogP contribution in [-0.2, 0) is 25.2 Å². The second-order valence-corrected chi connectivity index (χ2v) is 4.34. The molecule has 2 atom stereocenters. The minimum Gasteiger partial charge on any atom is -0.388 e. The molecule has 0 saturated heterocycles. The molecule has 2 N–H and O–H groups in total. The van der Waals surface area contributed by atoms with Crippen LogP contribution >= 0.6 is 0 Å². The molecule has 0 rings (SSSR count). The summed E-state index contributed by atoms with van der Waals surface area (Å²) >= 11 is 0. The van der Waals surface area contributed by atoms with E-state index in [1.54, 1.807) is 31.2 Å². The first-order chi connectivity index (χ1) is 9.56. The first-order valence-corrected chi connectivity index (χ1v) is 6.65. The van der Waals surface area contributed by atoms with Crippen molar-refractivity contribution in [2.75, 3.05) is 0 Å². The zero-order chi connectivity index (χ0) is 15.2. The van der Waals surface area contributed by atoms with Crippen LogP contribution in [0.3, 0.4) is 0 Å². The van der Waals surface area contributed by atoms with Crippen molar-refractivity contribution in [2.24, 2.45) is 0 Å². The standard InChI is InChI=1S/C17H22O3.Re.Rf/c1-3-4-11-16(19)12-7-5-6-8-13-17(20)14-9-10-15(2)18;;/h5-7,12,16-17,19-20H,9-11,14H2,1-2H3;;/b6-5+,12-7+;;/t16-,17-;;/m1../s1. The van der Waals surface area contributed by atoms with Gasteiger partial charge in [-0.3, -0.25) is 0 Å². The Labute approximate surface area is 141 Å². The topological polar surface area (TPSA) is 57.5 Å². The van der Waals surface area contributed by atoms with E-state index in [-0.39, 0.29) is 26.2 Å². The monoisotopic (exact) mass is 728 g/mol. The fourth-order valence-electron chi connectivity index (χ4n) is 1.33. The Morgan fingerprint density at radius 2 is 1.95 bits per heavy atom. The molecule has 0 unspecified atom stereocenters. The van der Waals surface area contributed by atoms with E-state index in [2.05, 4.69) is 23.7 Å². The molecule has 1 radical (unpaired) electrons. The predicted octanol–water partition coefficient (Wildman–Crippen LogP) is 1.99. The Morgan fingerprint density at radius 3 is 2.55 bits per heavy atom. The molecule has 0 aliphatic carbocycles. The van der Waals surface area contributed by atoms with Gasteiger partial charge in [0.2, 0.25) is 0 Å². The smallest absolute Gasteiger partial charge is 0.129 e. The Kier molecular flexibility index (Phi) is 19.1. The summed E-state index contributed by atoms with van der Waals surface area (Å²) in [5.74, 6) is 11.0. The number of hydrogen-bond donors (Lipinski definition) is 2. The molecule has 0 aromatic heterocycles. The number of hydrogen-bond acceptors (Lipinski definition) is 3. The zero-order valence-corrected chi connectivity index (χ0v) is 22.3. The van der Waals surface area contributed by atoms with Crippen molar-refractivity contribution in [3.63, 3.8) is 0 Å². The SMILES string of the molecule is CC#CC[C@@H](O)/C=C/C=C/C#C[C@@H](O)CCCC(C)=O.[Re].[Rf]. The van der Waals surface area contributed by atoms with Crippen LogP contribution in [0.25, 0.3) is 0 Å². The third-order valence-electron chi connectivity index (χ3n) is 2.37. The minimum absolute atomic E-state index is 0. The van der Waals surface area contributed by atoms with Crippen LogP contribution in [0.15, 0.2) is 24.3 Å². The summed E-state index contributed by atoms with van der Waals surface area (Å²) in [6.45, 7) is 3.27. The molecular weight excluding hydrogens is 705 g/mol. The van der Waals surface area contributed by atoms with Gasteiger partial charge < -0.3 is 15.0 Å². The van der Waals surface area contributed by atoms with Gasteiger partial charge in [0.1, 0.15) is 11.9 Å². The minimum atomic E-state index is -0.701. The molecule has 0 fully saturated rings. The van der Waals surface area contributed by atoms with E-state index in [4.69, 9.17) is 0 Å². The molecule has 0 heterocycles. The van der Waals surface area contributed by atoms with Gasteiger partial charge in [0.05, 0.1) is 6.10 Å². The van der Waals surface area contributed by atoms with E-state index in [0.29, 0.717) is 25.7 Å². The van der Waals surface area contributed by atoms with E-state index in [0.717, 1.165) is 0 Å². The van der Waals surface area contributed by atoms with E-state index < -0.39 is 12.2 Å². The molecule has 22 heavy (non-hydrogen) atoms. The summed E-state index contributed by atoms with van der Waals surface area (Å²) in [4.78, 5) is 10.7. The predicted molar refractivity (Wildman–Crippen MR) is 80.7 cm³/mol. The van der Waals surface area contributed by atoms with Crippen molar-refractivity contribution in [1.29, 1.82) is 0 Å². The summed E-state index contributed by atoms with van der Waals surface area (Å²) in [6.07, 6.45) is 7.40.